The van der Waals surface area contributed by atoms with Crippen LogP contribution in [0.4, 0.5) is 5.69 Å². The van der Waals surface area contributed by atoms with Crippen molar-refractivity contribution < 1.29 is 18.8 Å². The summed E-state index contributed by atoms with van der Waals surface area (Å²) in [5, 5.41) is 12.6. The molecule has 0 radical (unpaired) electrons. The van der Waals surface area contributed by atoms with Crippen molar-refractivity contribution in [3.63, 3.8) is 0 Å². The van der Waals surface area contributed by atoms with E-state index in [1.54, 1.807) is 12.1 Å². The molecule has 0 unspecified atom stereocenters. The van der Waals surface area contributed by atoms with E-state index in [1.165, 1.54) is 12.1 Å². The Labute approximate surface area is 131 Å². The fourth-order valence-corrected chi connectivity index (χ4v) is 2.69. The molecule has 1 aliphatic rings. The summed E-state index contributed by atoms with van der Waals surface area (Å²) in [5.41, 5.74) is 0.812. The van der Waals surface area contributed by atoms with Crippen LogP contribution in [-0.2, 0) is 0 Å². The van der Waals surface area contributed by atoms with Gasteiger partial charge in [-0.2, -0.15) is 0 Å². The summed E-state index contributed by atoms with van der Waals surface area (Å²) >= 11 is 0. The number of rotatable bonds is 2. The Morgan fingerprint density at radius 3 is 2.48 bits per heavy atom. The Morgan fingerprint density at radius 2 is 1.78 bits per heavy atom. The fourth-order valence-electron chi connectivity index (χ4n) is 2.69. The summed E-state index contributed by atoms with van der Waals surface area (Å²) in [4.78, 5) is 10.4. The van der Waals surface area contributed by atoms with E-state index >= 15 is 0 Å². The summed E-state index contributed by atoms with van der Waals surface area (Å²) in [7, 11) is 0. The molecule has 0 aliphatic carbocycles. The van der Waals surface area contributed by atoms with Crippen LogP contribution in [0.5, 0.6) is 11.5 Å². The number of hydrogen-bond donors (Lipinski definition) is 0. The Hall–Kier alpha value is -3.15. The van der Waals surface area contributed by atoms with Crippen molar-refractivity contribution in [2.45, 2.75) is 6.92 Å². The third kappa shape index (κ3) is 2.24. The lowest BCUT2D eigenvalue weighted by atomic mass is 10.0. The molecule has 0 saturated carbocycles. The highest BCUT2D eigenvalue weighted by Crippen LogP contribution is 2.40. The highest BCUT2D eigenvalue weighted by molar-refractivity contribution is 5.96. The maximum absolute atomic E-state index is 10.8. The van der Waals surface area contributed by atoms with E-state index < -0.39 is 4.92 Å². The number of nitro benzene ring substituents is 1. The minimum absolute atomic E-state index is 0.0448. The lowest BCUT2D eigenvalue weighted by Gasteiger charge is -2.01. The first-order valence-electron chi connectivity index (χ1n) is 7.04. The van der Waals surface area contributed by atoms with Gasteiger partial charge in [-0.25, -0.2) is 4.42 Å². The summed E-state index contributed by atoms with van der Waals surface area (Å²) in [6.07, 6.45) is 0. The highest BCUT2D eigenvalue weighted by Gasteiger charge is 2.24. The first-order chi connectivity index (χ1) is 11.1. The second-order valence-electron chi connectivity index (χ2n) is 5.28. The predicted octanol–water partition coefficient (Wildman–Crippen LogP) is 4.33. The topological polar surface area (TPSA) is 72.9 Å². The quantitative estimate of drug-likeness (QED) is 0.400. The van der Waals surface area contributed by atoms with E-state index in [0.717, 1.165) is 22.1 Å². The fraction of sp³-hybridized carbons (Fsp3) is 0.118. The van der Waals surface area contributed by atoms with Gasteiger partial charge in [0.25, 0.3) is 5.69 Å². The van der Waals surface area contributed by atoms with Gasteiger partial charge in [0.1, 0.15) is 0 Å². The number of hydrogen-bond acceptors (Lipinski definition) is 4. The zero-order valence-corrected chi connectivity index (χ0v) is 12.2. The molecule has 4 rings (SSSR count). The lowest BCUT2D eigenvalue weighted by molar-refractivity contribution is -0.384. The number of benzene rings is 2. The summed E-state index contributed by atoms with van der Waals surface area (Å²) < 4.78 is 16.7. The third-order valence-corrected chi connectivity index (χ3v) is 3.75. The van der Waals surface area contributed by atoms with Crippen LogP contribution >= 0.6 is 0 Å². The molecule has 1 aromatic heterocycles. The van der Waals surface area contributed by atoms with Gasteiger partial charge in [0.15, 0.2) is 11.5 Å². The van der Waals surface area contributed by atoms with Crippen LogP contribution in [0.2, 0.25) is 0 Å². The maximum atomic E-state index is 10.8. The average Bonchev–Trinajstić information content (AvgIpc) is 2.99. The molecule has 1 aliphatic heterocycles. The second-order valence-corrected chi connectivity index (χ2v) is 5.28. The van der Waals surface area contributed by atoms with Crippen LogP contribution in [0.3, 0.4) is 0 Å². The smallest absolute Gasteiger partial charge is 0.368 e. The summed E-state index contributed by atoms with van der Waals surface area (Å²) in [5.74, 6) is 2.76. The van der Waals surface area contributed by atoms with E-state index in [4.69, 9.17) is 13.9 Å². The molecule has 3 aromatic rings. The average molecular weight is 310 g/mol. The van der Waals surface area contributed by atoms with E-state index in [-0.39, 0.29) is 12.5 Å². The largest absolute Gasteiger partial charge is 0.454 e. The van der Waals surface area contributed by atoms with Crippen molar-refractivity contribution in [3.05, 3.63) is 58.3 Å². The van der Waals surface area contributed by atoms with Crippen LogP contribution in [-0.4, -0.2) is 11.7 Å². The third-order valence-electron chi connectivity index (χ3n) is 3.75. The molecule has 6 nitrogen and oxygen atoms in total. The minimum Gasteiger partial charge on any atom is -0.454 e. The number of fused-ring (bicyclic) bond motifs is 2. The minimum atomic E-state index is -0.423. The monoisotopic (exact) mass is 310 g/mol. The van der Waals surface area contributed by atoms with Gasteiger partial charge in [0.05, 0.1) is 22.8 Å². The maximum Gasteiger partial charge on any atom is 0.368 e. The summed E-state index contributed by atoms with van der Waals surface area (Å²) in [6, 6.07) is 12.0. The standard InChI is InChI=1S/C17H12NO5/c1-10-6-12-7-15-16(22-9-21-15)8-14(12)17(23-10)11-2-4-13(5-3-11)18(19)20/h2-8H,9H2,1H3/q+1. The molecule has 114 valence electrons. The molecule has 0 spiro atoms. The van der Waals surface area contributed by atoms with Crippen molar-refractivity contribution in [2.75, 3.05) is 6.79 Å². The molecule has 0 amide bonds. The molecule has 0 bridgehead atoms. The number of ether oxygens (including phenoxy) is 2. The van der Waals surface area contributed by atoms with Crippen LogP contribution in [0.25, 0.3) is 22.1 Å². The van der Waals surface area contributed by atoms with Crippen molar-refractivity contribution in [3.8, 4) is 22.8 Å². The predicted molar refractivity (Wildman–Crippen MR) is 83.6 cm³/mol. The molecular weight excluding hydrogens is 298 g/mol. The van der Waals surface area contributed by atoms with Crippen molar-refractivity contribution in [1.82, 2.24) is 0 Å². The molecule has 0 N–H and O–H groups in total. The molecular formula is C17H12NO5+. The first kappa shape index (κ1) is 13.5. The molecule has 0 atom stereocenters. The Morgan fingerprint density at radius 1 is 1.09 bits per heavy atom. The number of aryl methyl sites for hydroxylation is 1. The van der Waals surface area contributed by atoms with E-state index in [0.29, 0.717) is 17.3 Å². The van der Waals surface area contributed by atoms with Crippen molar-refractivity contribution in [2.24, 2.45) is 0 Å². The van der Waals surface area contributed by atoms with Gasteiger partial charge in [-0.15, -0.1) is 0 Å². The SMILES string of the molecule is Cc1cc2cc3c(cc2c(-c2ccc([N+](=O)[O-])cc2)[o+]1)OCO3. The van der Waals surface area contributed by atoms with Crippen LogP contribution in [0.15, 0.2) is 46.9 Å². The van der Waals surface area contributed by atoms with Crippen molar-refractivity contribution in [1.29, 1.82) is 0 Å². The van der Waals surface area contributed by atoms with Crippen LogP contribution in [0, 0.1) is 17.0 Å². The molecule has 0 saturated heterocycles. The Bertz CT molecular complexity index is 934. The zero-order chi connectivity index (χ0) is 16.0. The van der Waals surface area contributed by atoms with Gasteiger partial charge in [0.2, 0.25) is 6.79 Å². The second kappa shape index (κ2) is 4.95. The number of non-ortho nitro benzene ring substituents is 1. The Kier molecular flexibility index (Phi) is 2.90. The van der Waals surface area contributed by atoms with Gasteiger partial charge in [0, 0.05) is 29.7 Å². The van der Waals surface area contributed by atoms with Crippen LogP contribution < -0.4 is 9.47 Å². The molecule has 2 aromatic carbocycles. The number of nitro groups is 1. The van der Waals surface area contributed by atoms with Gasteiger partial charge in [-0.3, -0.25) is 10.1 Å². The van der Waals surface area contributed by atoms with Crippen molar-refractivity contribution >= 4 is 16.5 Å². The lowest BCUT2D eigenvalue weighted by Crippen LogP contribution is -1.92. The van der Waals surface area contributed by atoms with E-state index in [1.807, 2.05) is 25.1 Å². The van der Waals surface area contributed by atoms with Crippen LogP contribution in [0.1, 0.15) is 5.76 Å². The van der Waals surface area contributed by atoms with Gasteiger partial charge < -0.3 is 9.47 Å². The van der Waals surface area contributed by atoms with Gasteiger partial charge >= 0.3 is 11.5 Å². The molecule has 6 heteroatoms. The highest BCUT2D eigenvalue weighted by atomic mass is 16.7. The van der Waals surface area contributed by atoms with Gasteiger partial charge in [-0.05, 0) is 18.2 Å². The molecule has 0 fully saturated rings. The van der Waals surface area contributed by atoms with Gasteiger partial charge in [-0.1, -0.05) is 0 Å². The normalized spacial score (nSPS) is 12.6. The first-order valence-corrected chi connectivity index (χ1v) is 7.04. The van der Waals surface area contributed by atoms with E-state index in [2.05, 4.69) is 0 Å². The zero-order valence-electron chi connectivity index (χ0n) is 12.2. The number of nitrogens with zero attached hydrogens (tertiary/aromatic N) is 1. The Balaban J connectivity index is 1.93. The summed E-state index contributed by atoms with van der Waals surface area (Å²) in [6.45, 7) is 2.06. The molecule has 2 heterocycles. The molecule has 23 heavy (non-hydrogen) atoms. The van der Waals surface area contributed by atoms with E-state index in [9.17, 15) is 10.1 Å².